The number of aromatic nitrogens is 4. The summed E-state index contributed by atoms with van der Waals surface area (Å²) in [4.78, 5) is 23.1. The molecule has 1 unspecified atom stereocenters. The molecule has 2 aromatic heterocycles. The van der Waals surface area contributed by atoms with Crippen LogP contribution in [0.15, 0.2) is 18.3 Å². The van der Waals surface area contributed by atoms with Gasteiger partial charge in [0.2, 0.25) is 0 Å². The number of methoxy groups -OCH3 is 1. The molecule has 1 saturated heterocycles. The van der Waals surface area contributed by atoms with Crippen molar-refractivity contribution in [1.29, 1.82) is 0 Å². The third-order valence-electron chi connectivity index (χ3n) is 3.84. The number of carbonyl (C=O) groups excluding carboxylic acids is 1. The van der Waals surface area contributed by atoms with Crippen molar-refractivity contribution in [3.05, 3.63) is 40.7 Å². The fraction of sp³-hybridized carbons (Fsp3) is 0.467. The minimum absolute atomic E-state index is 0.121. The maximum absolute atomic E-state index is 12.8. The van der Waals surface area contributed by atoms with E-state index in [-0.39, 0.29) is 11.9 Å². The number of ether oxygens (including phenoxy) is 1. The Hall–Kier alpha value is -1.99. The van der Waals surface area contributed by atoms with Crippen molar-refractivity contribution < 1.29 is 9.53 Å². The van der Waals surface area contributed by atoms with Crippen LogP contribution in [-0.4, -0.2) is 44.6 Å². The molecule has 0 radical (unpaired) electrons. The number of pyridine rings is 1. The second-order valence-corrected chi connectivity index (χ2v) is 5.88. The van der Waals surface area contributed by atoms with Gasteiger partial charge in [-0.1, -0.05) is 11.6 Å². The molecular formula is C15H18ClN5O2. The Morgan fingerprint density at radius 2 is 2.35 bits per heavy atom. The van der Waals surface area contributed by atoms with Crippen molar-refractivity contribution in [2.45, 2.75) is 31.9 Å². The van der Waals surface area contributed by atoms with Gasteiger partial charge in [0.05, 0.1) is 11.1 Å². The summed E-state index contributed by atoms with van der Waals surface area (Å²) >= 11 is 5.84. The predicted octanol–water partition coefficient (Wildman–Crippen LogP) is 2.37. The van der Waals surface area contributed by atoms with E-state index in [2.05, 4.69) is 20.2 Å². The van der Waals surface area contributed by atoms with Crippen LogP contribution >= 0.6 is 11.6 Å². The Balaban J connectivity index is 1.82. The van der Waals surface area contributed by atoms with Gasteiger partial charge in [0.25, 0.3) is 5.91 Å². The molecule has 0 bridgehead atoms. The van der Waals surface area contributed by atoms with Crippen molar-refractivity contribution in [3.8, 4) is 0 Å². The van der Waals surface area contributed by atoms with Crippen LogP contribution in [0.25, 0.3) is 0 Å². The van der Waals surface area contributed by atoms with Crippen molar-refractivity contribution in [3.63, 3.8) is 0 Å². The zero-order chi connectivity index (χ0) is 16.2. The molecule has 0 saturated carbocycles. The highest BCUT2D eigenvalue weighted by Gasteiger charge is 2.31. The number of carbonyl (C=O) groups is 1. The molecule has 2 aromatic rings. The Labute approximate surface area is 139 Å². The SMILES string of the molecule is COCc1nc(C2CCCCN2C(=O)c2ccc(Cl)cn2)n[nH]1. The molecule has 3 heterocycles. The minimum Gasteiger partial charge on any atom is -0.377 e. The summed E-state index contributed by atoms with van der Waals surface area (Å²) in [6, 6.07) is 3.17. The van der Waals surface area contributed by atoms with E-state index in [0.717, 1.165) is 19.3 Å². The van der Waals surface area contributed by atoms with E-state index in [1.165, 1.54) is 6.20 Å². The average Bonchev–Trinajstić information content (AvgIpc) is 3.04. The smallest absolute Gasteiger partial charge is 0.273 e. The van der Waals surface area contributed by atoms with E-state index in [1.807, 2.05) is 0 Å². The third kappa shape index (κ3) is 3.51. The molecule has 0 spiro atoms. The summed E-state index contributed by atoms with van der Waals surface area (Å²) in [6.45, 7) is 1.04. The van der Waals surface area contributed by atoms with E-state index < -0.39 is 0 Å². The molecule has 1 aliphatic rings. The number of likely N-dealkylation sites (tertiary alicyclic amines) is 1. The van der Waals surface area contributed by atoms with Crippen molar-refractivity contribution >= 4 is 17.5 Å². The van der Waals surface area contributed by atoms with Crippen LogP contribution in [0.1, 0.15) is 47.4 Å². The zero-order valence-electron chi connectivity index (χ0n) is 12.8. The molecule has 1 amide bonds. The predicted molar refractivity (Wildman–Crippen MR) is 84.0 cm³/mol. The first-order valence-corrected chi connectivity index (χ1v) is 7.89. The molecule has 3 rings (SSSR count). The van der Waals surface area contributed by atoms with Gasteiger partial charge in [0.15, 0.2) is 11.6 Å². The van der Waals surface area contributed by atoms with Gasteiger partial charge >= 0.3 is 0 Å². The molecule has 1 aliphatic heterocycles. The molecular weight excluding hydrogens is 318 g/mol. The maximum atomic E-state index is 12.8. The van der Waals surface area contributed by atoms with Crippen LogP contribution in [0, 0.1) is 0 Å². The lowest BCUT2D eigenvalue weighted by Crippen LogP contribution is -2.39. The number of rotatable bonds is 4. The number of nitrogens with one attached hydrogen (secondary N) is 1. The number of aromatic amines is 1. The first kappa shape index (κ1) is 15.9. The summed E-state index contributed by atoms with van der Waals surface area (Å²) in [7, 11) is 1.60. The summed E-state index contributed by atoms with van der Waals surface area (Å²) in [5.41, 5.74) is 0.383. The minimum atomic E-state index is -0.143. The van der Waals surface area contributed by atoms with Gasteiger partial charge in [-0.15, -0.1) is 0 Å². The van der Waals surface area contributed by atoms with E-state index >= 15 is 0 Å². The highest BCUT2D eigenvalue weighted by molar-refractivity contribution is 6.30. The molecule has 0 aromatic carbocycles. The number of H-pyrrole nitrogens is 1. The number of nitrogens with zero attached hydrogens (tertiary/aromatic N) is 4. The molecule has 1 fully saturated rings. The maximum Gasteiger partial charge on any atom is 0.273 e. The van der Waals surface area contributed by atoms with Crippen LogP contribution in [0.3, 0.4) is 0 Å². The fourth-order valence-corrected chi connectivity index (χ4v) is 2.86. The Kier molecular flexibility index (Phi) is 4.88. The number of halogens is 1. The molecule has 1 N–H and O–H groups in total. The lowest BCUT2D eigenvalue weighted by atomic mass is 10.0. The first-order chi connectivity index (χ1) is 11.2. The number of hydrogen-bond donors (Lipinski definition) is 1. The topological polar surface area (TPSA) is 84.0 Å². The summed E-state index contributed by atoms with van der Waals surface area (Å²) in [5.74, 6) is 1.16. The fourth-order valence-electron chi connectivity index (χ4n) is 2.75. The van der Waals surface area contributed by atoms with Gasteiger partial charge in [-0.25, -0.2) is 9.97 Å². The lowest BCUT2D eigenvalue weighted by Gasteiger charge is -2.33. The largest absolute Gasteiger partial charge is 0.377 e. The van der Waals surface area contributed by atoms with E-state index in [1.54, 1.807) is 24.1 Å². The van der Waals surface area contributed by atoms with E-state index in [4.69, 9.17) is 16.3 Å². The second-order valence-electron chi connectivity index (χ2n) is 5.45. The van der Waals surface area contributed by atoms with Crippen molar-refractivity contribution in [1.82, 2.24) is 25.1 Å². The second kappa shape index (κ2) is 7.06. The van der Waals surface area contributed by atoms with Crippen LogP contribution in [0.4, 0.5) is 0 Å². The molecule has 1 atom stereocenters. The van der Waals surface area contributed by atoms with E-state index in [0.29, 0.717) is 35.5 Å². The molecule has 8 heteroatoms. The van der Waals surface area contributed by atoms with Crippen LogP contribution in [-0.2, 0) is 11.3 Å². The summed E-state index contributed by atoms with van der Waals surface area (Å²) < 4.78 is 5.05. The van der Waals surface area contributed by atoms with Crippen LogP contribution in [0.2, 0.25) is 5.02 Å². The first-order valence-electron chi connectivity index (χ1n) is 7.51. The molecule has 122 valence electrons. The standard InChI is InChI=1S/C15H18ClN5O2/c1-23-9-13-18-14(20-19-13)12-4-2-3-7-21(12)15(22)11-6-5-10(16)8-17-11/h5-6,8,12H,2-4,7,9H2,1H3,(H,18,19,20). The number of hydrogen-bond acceptors (Lipinski definition) is 5. The van der Waals surface area contributed by atoms with Gasteiger partial charge in [-0.2, -0.15) is 5.10 Å². The van der Waals surface area contributed by atoms with Gasteiger partial charge in [0.1, 0.15) is 12.3 Å². The highest BCUT2D eigenvalue weighted by atomic mass is 35.5. The third-order valence-corrected chi connectivity index (χ3v) is 4.06. The Morgan fingerprint density at radius 1 is 1.48 bits per heavy atom. The van der Waals surface area contributed by atoms with Gasteiger partial charge in [-0.05, 0) is 31.4 Å². The summed E-state index contributed by atoms with van der Waals surface area (Å²) in [6.07, 6.45) is 4.32. The highest BCUT2D eigenvalue weighted by Crippen LogP contribution is 2.30. The Bertz CT molecular complexity index is 673. The Morgan fingerprint density at radius 3 is 3.09 bits per heavy atom. The normalized spacial score (nSPS) is 18.2. The van der Waals surface area contributed by atoms with Gasteiger partial charge < -0.3 is 9.64 Å². The summed E-state index contributed by atoms with van der Waals surface area (Å²) in [5, 5.41) is 7.61. The molecule has 7 nitrogen and oxygen atoms in total. The average molecular weight is 336 g/mol. The molecule has 23 heavy (non-hydrogen) atoms. The van der Waals surface area contributed by atoms with E-state index in [9.17, 15) is 4.79 Å². The van der Waals surface area contributed by atoms with Gasteiger partial charge in [0, 0.05) is 19.9 Å². The number of piperidine rings is 1. The molecule has 0 aliphatic carbocycles. The van der Waals surface area contributed by atoms with Crippen LogP contribution < -0.4 is 0 Å². The van der Waals surface area contributed by atoms with Crippen molar-refractivity contribution in [2.24, 2.45) is 0 Å². The van der Waals surface area contributed by atoms with Gasteiger partial charge in [-0.3, -0.25) is 9.89 Å². The zero-order valence-corrected chi connectivity index (χ0v) is 13.6. The van der Waals surface area contributed by atoms with Crippen LogP contribution in [0.5, 0.6) is 0 Å². The monoisotopic (exact) mass is 335 g/mol. The lowest BCUT2D eigenvalue weighted by molar-refractivity contribution is 0.0594. The van der Waals surface area contributed by atoms with Crippen molar-refractivity contribution in [2.75, 3.05) is 13.7 Å². The number of amides is 1. The quantitative estimate of drug-likeness (QED) is 0.927.